The summed E-state index contributed by atoms with van der Waals surface area (Å²) in [4.78, 5) is 19.3. The molecule has 138 valence electrons. The van der Waals surface area contributed by atoms with Crippen LogP contribution in [0, 0.1) is 10.1 Å². The first-order chi connectivity index (χ1) is 13.2. The van der Waals surface area contributed by atoms with E-state index in [1.165, 1.54) is 6.07 Å². The third kappa shape index (κ3) is 3.77. The normalized spacial score (nSPS) is 16.4. The topological polar surface area (TPSA) is 116 Å². The van der Waals surface area contributed by atoms with E-state index in [-0.39, 0.29) is 17.6 Å². The summed E-state index contributed by atoms with van der Waals surface area (Å²) >= 11 is 0. The van der Waals surface area contributed by atoms with Gasteiger partial charge in [0.1, 0.15) is 5.69 Å². The summed E-state index contributed by atoms with van der Waals surface area (Å²) in [5.41, 5.74) is 1.64. The van der Waals surface area contributed by atoms with Gasteiger partial charge in [-0.05, 0) is 37.1 Å². The van der Waals surface area contributed by atoms with Crippen LogP contribution in [0.1, 0.15) is 12.8 Å². The molecule has 1 N–H and O–H groups in total. The number of nitro groups is 1. The lowest BCUT2D eigenvalue weighted by atomic mass is 10.1. The molecule has 0 bridgehead atoms. The highest BCUT2D eigenvalue weighted by atomic mass is 16.6. The predicted molar refractivity (Wildman–Crippen MR) is 97.1 cm³/mol. The number of anilines is 1. The number of rotatable bonds is 6. The van der Waals surface area contributed by atoms with E-state index in [0.29, 0.717) is 23.7 Å². The monoisotopic (exact) mass is 367 g/mol. The molecule has 1 aromatic carbocycles. The molecule has 1 fully saturated rings. The first kappa shape index (κ1) is 17.1. The molecule has 0 radical (unpaired) electrons. The lowest BCUT2D eigenvalue weighted by Crippen LogP contribution is -2.18. The zero-order valence-corrected chi connectivity index (χ0v) is 14.4. The van der Waals surface area contributed by atoms with Crippen LogP contribution in [0.15, 0.2) is 47.2 Å². The van der Waals surface area contributed by atoms with Crippen molar-refractivity contribution >= 4 is 11.4 Å². The number of nitrogens with zero attached hydrogens (tertiary/aromatic N) is 4. The van der Waals surface area contributed by atoms with E-state index in [1.807, 2.05) is 0 Å². The summed E-state index contributed by atoms with van der Waals surface area (Å²) < 4.78 is 10.8. The Balaban J connectivity index is 1.57. The Morgan fingerprint density at radius 1 is 1.22 bits per heavy atom. The number of aromatic nitrogens is 3. The molecule has 3 aromatic rings. The molecule has 0 spiro atoms. The molecule has 0 aliphatic carbocycles. The number of benzene rings is 1. The van der Waals surface area contributed by atoms with Crippen LogP contribution in [0.5, 0.6) is 0 Å². The van der Waals surface area contributed by atoms with Crippen molar-refractivity contribution in [2.24, 2.45) is 0 Å². The quantitative estimate of drug-likeness (QED) is 0.521. The number of nitrogens with one attached hydrogen (secondary N) is 1. The SMILES string of the molecule is O=[N+]([O-])c1cc(-c2noc(-c3ccncc3)n2)ccc1NCC1CCCO1. The summed E-state index contributed by atoms with van der Waals surface area (Å²) in [6.07, 6.45) is 5.31. The fraction of sp³-hybridized carbons (Fsp3) is 0.278. The van der Waals surface area contributed by atoms with Gasteiger partial charge in [-0.1, -0.05) is 5.16 Å². The molecule has 1 saturated heterocycles. The second-order valence-electron chi connectivity index (χ2n) is 6.16. The first-order valence-electron chi connectivity index (χ1n) is 8.59. The van der Waals surface area contributed by atoms with Crippen LogP contribution < -0.4 is 5.32 Å². The average molecular weight is 367 g/mol. The van der Waals surface area contributed by atoms with Crippen molar-refractivity contribution in [1.29, 1.82) is 0 Å². The molecule has 1 aliphatic rings. The summed E-state index contributed by atoms with van der Waals surface area (Å²) in [5, 5.41) is 18.5. The maximum atomic E-state index is 11.5. The standard InChI is InChI=1S/C18H17N5O4/c24-23(25)16-10-13(3-4-15(16)20-11-14-2-1-9-26-14)17-21-18(27-22-17)12-5-7-19-8-6-12/h3-8,10,14,20H,1-2,9,11H2. The third-order valence-electron chi connectivity index (χ3n) is 4.35. The second kappa shape index (κ2) is 7.50. The van der Waals surface area contributed by atoms with Crippen molar-refractivity contribution < 1.29 is 14.2 Å². The van der Waals surface area contributed by atoms with Gasteiger partial charge < -0.3 is 14.6 Å². The minimum atomic E-state index is -0.425. The Bertz CT molecular complexity index is 938. The van der Waals surface area contributed by atoms with Gasteiger partial charge in [-0.2, -0.15) is 4.98 Å². The number of hydrogen-bond acceptors (Lipinski definition) is 8. The van der Waals surface area contributed by atoms with Gasteiger partial charge >= 0.3 is 0 Å². The number of pyridine rings is 1. The molecule has 3 heterocycles. The zero-order chi connectivity index (χ0) is 18.6. The highest BCUT2D eigenvalue weighted by Crippen LogP contribution is 2.31. The molecule has 0 saturated carbocycles. The van der Waals surface area contributed by atoms with Crippen LogP contribution in [0.2, 0.25) is 0 Å². The maximum absolute atomic E-state index is 11.5. The zero-order valence-electron chi connectivity index (χ0n) is 14.4. The maximum Gasteiger partial charge on any atom is 0.293 e. The van der Waals surface area contributed by atoms with E-state index in [0.717, 1.165) is 25.0 Å². The summed E-state index contributed by atoms with van der Waals surface area (Å²) in [6.45, 7) is 1.28. The molecule has 2 aromatic heterocycles. The fourth-order valence-electron chi connectivity index (χ4n) is 2.95. The largest absolute Gasteiger partial charge is 0.377 e. The minimum absolute atomic E-state index is 0.0410. The predicted octanol–water partition coefficient (Wildman–Crippen LogP) is 3.30. The Kier molecular flexibility index (Phi) is 4.75. The van der Waals surface area contributed by atoms with Crippen LogP contribution in [-0.4, -0.2) is 39.3 Å². The van der Waals surface area contributed by atoms with Crippen molar-refractivity contribution in [3.8, 4) is 22.8 Å². The van der Waals surface area contributed by atoms with Gasteiger partial charge in [0.05, 0.1) is 11.0 Å². The summed E-state index contributed by atoms with van der Waals surface area (Å²) in [5.74, 6) is 0.617. The van der Waals surface area contributed by atoms with Crippen LogP contribution in [-0.2, 0) is 4.74 Å². The molecule has 27 heavy (non-hydrogen) atoms. The highest BCUT2D eigenvalue weighted by Gasteiger charge is 2.20. The lowest BCUT2D eigenvalue weighted by Gasteiger charge is -2.12. The van der Waals surface area contributed by atoms with Gasteiger partial charge in [-0.25, -0.2) is 0 Å². The minimum Gasteiger partial charge on any atom is -0.377 e. The van der Waals surface area contributed by atoms with Crippen LogP contribution in [0.25, 0.3) is 22.8 Å². The molecule has 4 rings (SSSR count). The van der Waals surface area contributed by atoms with E-state index < -0.39 is 4.92 Å². The number of hydrogen-bond donors (Lipinski definition) is 1. The molecule has 1 unspecified atom stereocenters. The molecule has 9 heteroatoms. The van der Waals surface area contributed by atoms with Gasteiger partial charge in [0.25, 0.3) is 11.6 Å². The molecular formula is C18H17N5O4. The van der Waals surface area contributed by atoms with Gasteiger partial charge in [-0.15, -0.1) is 0 Å². The fourth-order valence-corrected chi connectivity index (χ4v) is 2.95. The van der Waals surface area contributed by atoms with Gasteiger partial charge in [0.15, 0.2) is 0 Å². The van der Waals surface area contributed by atoms with Crippen LogP contribution in [0.3, 0.4) is 0 Å². The lowest BCUT2D eigenvalue weighted by molar-refractivity contribution is -0.383. The first-order valence-corrected chi connectivity index (χ1v) is 8.59. The average Bonchev–Trinajstić information content (AvgIpc) is 3.39. The highest BCUT2D eigenvalue weighted by molar-refractivity contribution is 5.71. The second-order valence-corrected chi connectivity index (χ2v) is 6.16. The molecule has 1 aliphatic heterocycles. The van der Waals surface area contributed by atoms with Gasteiger partial charge in [-0.3, -0.25) is 15.1 Å². The number of nitro benzene ring substituents is 1. The van der Waals surface area contributed by atoms with Crippen molar-refractivity contribution in [2.75, 3.05) is 18.5 Å². The van der Waals surface area contributed by atoms with Crippen LogP contribution >= 0.6 is 0 Å². The number of ether oxygens (including phenoxy) is 1. The van der Waals surface area contributed by atoms with E-state index in [9.17, 15) is 10.1 Å². The van der Waals surface area contributed by atoms with Crippen molar-refractivity contribution in [3.63, 3.8) is 0 Å². The van der Waals surface area contributed by atoms with Crippen LogP contribution in [0.4, 0.5) is 11.4 Å². The van der Waals surface area contributed by atoms with Gasteiger partial charge in [0, 0.05) is 42.7 Å². The molecule has 9 nitrogen and oxygen atoms in total. The van der Waals surface area contributed by atoms with Gasteiger partial charge in [0.2, 0.25) is 5.82 Å². The smallest absolute Gasteiger partial charge is 0.293 e. The Morgan fingerprint density at radius 3 is 2.81 bits per heavy atom. The van der Waals surface area contributed by atoms with Crippen molar-refractivity contribution in [1.82, 2.24) is 15.1 Å². The summed E-state index contributed by atoms with van der Waals surface area (Å²) in [7, 11) is 0. The van der Waals surface area contributed by atoms with E-state index in [1.54, 1.807) is 36.7 Å². The van der Waals surface area contributed by atoms with E-state index in [2.05, 4.69) is 20.4 Å². The molecular weight excluding hydrogens is 350 g/mol. The Labute approximate surface area is 154 Å². The Hall–Kier alpha value is -3.33. The molecule has 1 atom stereocenters. The van der Waals surface area contributed by atoms with Crippen molar-refractivity contribution in [3.05, 3.63) is 52.8 Å². The van der Waals surface area contributed by atoms with E-state index >= 15 is 0 Å². The van der Waals surface area contributed by atoms with E-state index in [4.69, 9.17) is 9.26 Å². The third-order valence-corrected chi connectivity index (χ3v) is 4.35. The molecule has 0 amide bonds. The van der Waals surface area contributed by atoms with Crippen molar-refractivity contribution in [2.45, 2.75) is 18.9 Å². The Morgan fingerprint density at radius 2 is 2.07 bits per heavy atom. The summed E-state index contributed by atoms with van der Waals surface area (Å²) in [6, 6.07) is 8.33.